The van der Waals surface area contributed by atoms with Gasteiger partial charge in [0, 0.05) is 11.8 Å². The van der Waals surface area contributed by atoms with Gasteiger partial charge in [0.15, 0.2) is 5.17 Å². The van der Waals surface area contributed by atoms with Crippen LogP contribution in [0.2, 0.25) is 0 Å². The van der Waals surface area contributed by atoms with Crippen molar-refractivity contribution in [2.45, 2.75) is 33.2 Å². The molecule has 152 valence electrons. The van der Waals surface area contributed by atoms with Crippen molar-refractivity contribution in [3.8, 4) is 0 Å². The molecule has 6 nitrogen and oxygen atoms in total. The predicted molar refractivity (Wildman–Crippen MR) is 122 cm³/mol. The molecule has 8 heteroatoms. The third-order valence-electron chi connectivity index (χ3n) is 5.35. The van der Waals surface area contributed by atoms with Gasteiger partial charge in [-0.3, -0.25) is 9.73 Å². The van der Waals surface area contributed by atoms with Gasteiger partial charge in [0.25, 0.3) is 0 Å². The molecule has 2 aromatic carbocycles. The fraction of sp³-hybridized carbons (Fsp3) is 0.333. The van der Waals surface area contributed by atoms with Crippen LogP contribution in [0.15, 0.2) is 46.5 Å². The number of benzene rings is 2. The number of sulfonamides is 1. The number of nitrogens with one attached hydrogen (secondary N) is 1. The fourth-order valence-corrected chi connectivity index (χ4v) is 5.82. The quantitative estimate of drug-likeness (QED) is 0.808. The number of nitrogens with zero attached hydrogens (tertiary/aromatic N) is 3. The lowest BCUT2D eigenvalue weighted by Crippen LogP contribution is -2.34. The highest BCUT2D eigenvalue weighted by Crippen LogP contribution is 2.35. The van der Waals surface area contributed by atoms with Crippen LogP contribution < -0.4 is 9.73 Å². The van der Waals surface area contributed by atoms with Crippen molar-refractivity contribution in [3.05, 3.63) is 58.7 Å². The third kappa shape index (κ3) is 3.91. The SMILES string of the molecule is Cc1cccc(N=C2NN=C(c3ccc4c(c3)C[C@@H](C)N4S(C)(=O)=O)CS2)c1C. The topological polar surface area (TPSA) is 74.1 Å². The number of hydrogen-bond acceptors (Lipinski definition) is 5. The minimum atomic E-state index is -3.28. The van der Waals surface area contributed by atoms with Gasteiger partial charge in [0.1, 0.15) is 0 Å². The summed E-state index contributed by atoms with van der Waals surface area (Å²) in [6.45, 7) is 6.09. The Morgan fingerprint density at radius 3 is 2.72 bits per heavy atom. The minimum absolute atomic E-state index is 0.0626. The second-order valence-corrected chi connectivity index (χ2v) is 10.4. The van der Waals surface area contributed by atoms with E-state index in [-0.39, 0.29) is 6.04 Å². The maximum Gasteiger partial charge on any atom is 0.232 e. The zero-order chi connectivity index (χ0) is 20.8. The summed E-state index contributed by atoms with van der Waals surface area (Å²) in [4.78, 5) is 4.70. The smallest absolute Gasteiger partial charge is 0.232 e. The standard InChI is InChI=1S/C21H24N4O2S2/c1-13-6-5-7-18(15(13)3)22-21-24-23-19(12-28-21)16-8-9-20-17(11-16)10-14(2)25(20)29(4,26)27/h5-9,11,14H,10,12H2,1-4H3,(H,22,24)/t14-/m1/s1. The Morgan fingerprint density at radius 2 is 2.03 bits per heavy atom. The van der Waals surface area contributed by atoms with Crippen LogP contribution in [0.5, 0.6) is 0 Å². The van der Waals surface area contributed by atoms with E-state index in [2.05, 4.69) is 36.5 Å². The van der Waals surface area contributed by atoms with Crippen LogP contribution in [0, 0.1) is 13.8 Å². The molecule has 0 aromatic heterocycles. The number of aryl methyl sites for hydroxylation is 1. The lowest BCUT2D eigenvalue weighted by Gasteiger charge is -2.22. The van der Waals surface area contributed by atoms with Gasteiger partial charge >= 0.3 is 0 Å². The Balaban J connectivity index is 1.57. The highest BCUT2D eigenvalue weighted by molar-refractivity contribution is 8.14. The van der Waals surface area contributed by atoms with Crippen molar-refractivity contribution in [3.63, 3.8) is 0 Å². The van der Waals surface area contributed by atoms with E-state index >= 15 is 0 Å². The summed E-state index contributed by atoms with van der Waals surface area (Å²) in [6.07, 6.45) is 1.97. The maximum absolute atomic E-state index is 12.1. The maximum atomic E-state index is 12.1. The van der Waals surface area contributed by atoms with E-state index in [1.165, 1.54) is 21.7 Å². The van der Waals surface area contributed by atoms with Crippen LogP contribution in [0.4, 0.5) is 11.4 Å². The fourth-order valence-electron chi connectivity index (χ4n) is 3.78. The molecule has 2 aliphatic heterocycles. The molecule has 0 saturated heterocycles. The molecule has 4 rings (SSSR count). The van der Waals surface area contributed by atoms with Crippen LogP contribution in [0.3, 0.4) is 0 Å². The van der Waals surface area contributed by atoms with Gasteiger partial charge in [-0.15, -0.1) is 0 Å². The number of thioether (sulfide) groups is 1. The van der Waals surface area contributed by atoms with Gasteiger partial charge in [-0.25, -0.2) is 13.4 Å². The van der Waals surface area contributed by atoms with E-state index < -0.39 is 10.0 Å². The molecule has 2 aromatic rings. The average molecular weight is 429 g/mol. The van der Waals surface area contributed by atoms with Gasteiger partial charge in [0.2, 0.25) is 10.0 Å². The highest BCUT2D eigenvalue weighted by Gasteiger charge is 2.32. The van der Waals surface area contributed by atoms with Gasteiger partial charge in [-0.05, 0) is 67.6 Å². The zero-order valence-electron chi connectivity index (χ0n) is 16.9. The van der Waals surface area contributed by atoms with Crippen LogP contribution in [0.1, 0.15) is 29.2 Å². The second kappa shape index (κ2) is 7.50. The van der Waals surface area contributed by atoms with E-state index in [9.17, 15) is 8.42 Å². The summed E-state index contributed by atoms with van der Waals surface area (Å²) in [5.74, 6) is 0.709. The van der Waals surface area contributed by atoms with Crippen LogP contribution in [-0.2, 0) is 16.4 Å². The summed E-state index contributed by atoms with van der Waals surface area (Å²) in [6, 6.07) is 11.9. The van der Waals surface area contributed by atoms with E-state index in [4.69, 9.17) is 4.99 Å². The Labute approximate surface area is 176 Å². The molecule has 0 amide bonds. The van der Waals surface area contributed by atoms with Gasteiger partial charge < -0.3 is 0 Å². The van der Waals surface area contributed by atoms with Gasteiger partial charge in [-0.2, -0.15) is 5.10 Å². The zero-order valence-corrected chi connectivity index (χ0v) is 18.6. The molecule has 0 bridgehead atoms. The van der Waals surface area contributed by atoms with E-state index in [1.54, 1.807) is 11.8 Å². The predicted octanol–water partition coefficient (Wildman–Crippen LogP) is 3.74. The second-order valence-electron chi connectivity index (χ2n) is 7.55. The van der Waals surface area contributed by atoms with Crippen molar-refractivity contribution in [1.29, 1.82) is 0 Å². The molecule has 0 unspecified atom stereocenters. The number of amidine groups is 1. The molecule has 2 aliphatic rings. The third-order valence-corrected chi connectivity index (χ3v) is 7.50. The van der Waals surface area contributed by atoms with Crippen molar-refractivity contribution in [2.24, 2.45) is 10.1 Å². The van der Waals surface area contributed by atoms with Gasteiger partial charge in [-0.1, -0.05) is 30.0 Å². The molecule has 0 aliphatic carbocycles. The summed E-state index contributed by atoms with van der Waals surface area (Å²) >= 11 is 1.62. The van der Waals surface area contributed by atoms with Gasteiger partial charge in [0.05, 0.1) is 23.3 Å². The highest BCUT2D eigenvalue weighted by atomic mass is 32.2. The van der Waals surface area contributed by atoms with Crippen molar-refractivity contribution in [2.75, 3.05) is 16.3 Å². The Morgan fingerprint density at radius 1 is 1.24 bits per heavy atom. The molecule has 0 radical (unpaired) electrons. The summed E-state index contributed by atoms with van der Waals surface area (Å²) in [7, 11) is -3.28. The van der Waals surface area contributed by atoms with Crippen LogP contribution in [-0.4, -0.2) is 37.3 Å². The first kappa shape index (κ1) is 20.0. The first-order valence-corrected chi connectivity index (χ1v) is 12.3. The summed E-state index contributed by atoms with van der Waals surface area (Å²) < 4.78 is 25.7. The molecule has 1 atom stereocenters. The van der Waals surface area contributed by atoms with Crippen molar-refractivity contribution >= 4 is 44.0 Å². The van der Waals surface area contributed by atoms with Crippen molar-refractivity contribution in [1.82, 2.24) is 5.43 Å². The first-order chi connectivity index (χ1) is 13.7. The number of fused-ring (bicyclic) bond motifs is 1. The summed E-state index contributed by atoms with van der Waals surface area (Å²) in [5.41, 5.74) is 10.2. The van der Waals surface area contributed by atoms with E-state index in [0.29, 0.717) is 12.2 Å². The Bertz CT molecular complexity index is 1140. The largest absolute Gasteiger partial charge is 0.267 e. The van der Waals surface area contributed by atoms with Crippen molar-refractivity contribution < 1.29 is 8.42 Å². The molecular weight excluding hydrogens is 404 g/mol. The number of rotatable bonds is 3. The summed E-state index contributed by atoms with van der Waals surface area (Å²) in [5, 5.41) is 5.30. The number of aliphatic imine (C=N–C) groups is 1. The lowest BCUT2D eigenvalue weighted by molar-refractivity contribution is 0.590. The van der Waals surface area contributed by atoms with Crippen LogP contribution >= 0.6 is 11.8 Å². The average Bonchev–Trinajstić information content (AvgIpc) is 3.01. The van der Waals surface area contributed by atoms with E-state index in [1.807, 2.05) is 31.2 Å². The normalized spacial score (nSPS) is 20.4. The monoisotopic (exact) mass is 428 g/mol. The molecule has 0 spiro atoms. The number of hydrazone groups is 1. The molecular formula is C21H24N4O2S2. The Kier molecular flexibility index (Phi) is 5.16. The molecule has 0 fully saturated rings. The first-order valence-electron chi connectivity index (χ1n) is 9.47. The molecule has 1 N–H and O–H groups in total. The molecule has 29 heavy (non-hydrogen) atoms. The molecule has 0 saturated carbocycles. The number of anilines is 1. The Hall–Kier alpha value is -2.32. The molecule has 2 heterocycles. The minimum Gasteiger partial charge on any atom is -0.267 e. The number of hydrogen-bond donors (Lipinski definition) is 1. The lowest BCUT2D eigenvalue weighted by atomic mass is 10.0. The van der Waals surface area contributed by atoms with E-state index in [0.717, 1.165) is 33.4 Å². The van der Waals surface area contributed by atoms with Crippen LogP contribution in [0.25, 0.3) is 0 Å².